The van der Waals surface area contributed by atoms with Crippen molar-refractivity contribution in [1.29, 1.82) is 0 Å². The monoisotopic (exact) mass is 277 g/mol. The third-order valence-corrected chi connectivity index (χ3v) is 3.60. The molecule has 0 radical (unpaired) electrons. The minimum atomic E-state index is -3.42. The molecule has 1 aromatic rings. The Bertz CT molecular complexity index is 481. The zero-order chi connectivity index (χ0) is 12.9. The van der Waals surface area contributed by atoms with Crippen molar-refractivity contribution in [3.8, 4) is 0 Å². The summed E-state index contributed by atoms with van der Waals surface area (Å²) in [7, 11) is -3.42. The largest absolute Gasteiger partial charge is 0.325 e. The first-order valence-corrected chi connectivity index (χ1v) is 7.53. The molecule has 1 amide bonds. The molecule has 8 heteroatoms. The number of nitrogens with two attached hydrogens (primary N) is 1. The predicted octanol–water partition coefficient (Wildman–Crippen LogP) is 0.0846. The zero-order valence-corrected chi connectivity index (χ0v) is 11.0. The van der Waals surface area contributed by atoms with Crippen LogP contribution in [0.5, 0.6) is 0 Å². The number of carbonyl (C=O) groups excluding carboxylic acids is 1. The van der Waals surface area contributed by atoms with E-state index in [9.17, 15) is 13.2 Å². The van der Waals surface area contributed by atoms with Crippen LogP contribution in [-0.2, 0) is 21.4 Å². The molecule has 17 heavy (non-hydrogen) atoms. The fraction of sp³-hybridized carbons (Fsp3) is 0.444. The number of carbonyl (C=O) groups is 1. The highest BCUT2D eigenvalue weighted by Gasteiger charge is 2.06. The quantitative estimate of drug-likeness (QED) is 0.641. The highest BCUT2D eigenvalue weighted by molar-refractivity contribution is 7.89. The smallest absolute Gasteiger partial charge is 0.221 e. The Kier molecular flexibility index (Phi) is 5.06. The van der Waals surface area contributed by atoms with Crippen molar-refractivity contribution in [3.05, 3.63) is 16.3 Å². The van der Waals surface area contributed by atoms with Crippen molar-refractivity contribution in [2.24, 2.45) is 5.14 Å². The highest BCUT2D eigenvalue weighted by atomic mass is 32.2. The topological polar surface area (TPSA) is 101 Å². The van der Waals surface area contributed by atoms with Gasteiger partial charge >= 0.3 is 0 Å². The fourth-order valence-corrected chi connectivity index (χ4v) is 2.42. The number of amides is 1. The lowest BCUT2D eigenvalue weighted by Crippen LogP contribution is -2.26. The van der Waals surface area contributed by atoms with E-state index in [1.807, 2.05) is 11.4 Å². The summed E-state index contributed by atoms with van der Waals surface area (Å²) in [6, 6.07) is 1.81. The second-order valence-corrected chi connectivity index (χ2v) is 6.22. The average Bonchev–Trinajstić information content (AvgIpc) is 2.58. The van der Waals surface area contributed by atoms with Crippen LogP contribution in [-0.4, -0.2) is 26.6 Å². The van der Waals surface area contributed by atoms with Gasteiger partial charge in [0.15, 0.2) is 0 Å². The molecule has 6 nitrogen and oxygen atoms in total. The van der Waals surface area contributed by atoms with Gasteiger partial charge in [-0.15, -0.1) is 11.3 Å². The summed E-state index contributed by atoms with van der Waals surface area (Å²) >= 11 is 1.49. The van der Waals surface area contributed by atoms with Gasteiger partial charge < -0.3 is 10.6 Å². The first kappa shape index (κ1) is 14.1. The molecule has 1 rings (SSSR count). The predicted molar refractivity (Wildman–Crippen MR) is 68.3 cm³/mol. The molecule has 0 fully saturated rings. The minimum absolute atomic E-state index is 0.103. The maximum Gasteiger partial charge on any atom is 0.221 e. The first-order valence-electron chi connectivity index (χ1n) is 4.93. The molecule has 0 saturated heterocycles. The van der Waals surface area contributed by atoms with E-state index >= 15 is 0 Å². The molecule has 0 aliphatic rings. The SMILES string of the molecule is CC(=O)Nc1ccsc1CNCCS(N)(=O)=O. The van der Waals surface area contributed by atoms with Crippen molar-refractivity contribution in [1.82, 2.24) is 5.32 Å². The Hall–Kier alpha value is -0.960. The van der Waals surface area contributed by atoms with Gasteiger partial charge in [-0.05, 0) is 11.4 Å². The lowest BCUT2D eigenvalue weighted by Gasteiger charge is -2.05. The molecule has 0 atom stereocenters. The van der Waals surface area contributed by atoms with Crippen LogP contribution in [0.4, 0.5) is 5.69 Å². The number of hydrogen-bond donors (Lipinski definition) is 3. The van der Waals surface area contributed by atoms with Crippen LogP contribution in [0.2, 0.25) is 0 Å². The van der Waals surface area contributed by atoms with E-state index in [1.165, 1.54) is 18.3 Å². The fourth-order valence-electron chi connectivity index (χ4n) is 1.19. The summed E-state index contributed by atoms with van der Waals surface area (Å²) in [5.41, 5.74) is 0.755. The Morgan fingerprint density at radius 3 is 2.82 bits per heavy atom. The second-order valence-electron chi connectivity index (χ2n) is 3.48. The van der Waals surface area contributed by atoms with Gasteiger partial charge in [-0.2, -0.15) is 0 Å². The molecule has 0 aliphatic heterocycles. The Balaban J connectivity index is 2.41. The van der Waals surface area contributed by atoms with Crippen molar-refractivity contribution < 1.29 is 13.2 Å². The lowest BCUT2D eigenvalue weighted by molar-refractivity contribution is -0.114. The normalized spacial score (nSPS) is 11.4. The number of thiophene rings is 1. The van der Waals surface area contributed by atoms with Crippen LogP contribution in [0.15, 0.2) is 11.4 Å². The van der Waals surface area contributed by atoms with E-state index in [4.69, 9.17) is 5.14 Å². The number of nitrogens with one attached hydrogen (secondary N) is 2. The molecule has 1 heterocycles. The third-order valence-electron chi connectivity index (χ3n) is 1.91. The maximum atomic E-state index is 10.9. The van der Waals surface area contributed by atoms with E-state index < -0.39 is 10.0 Å². The van der Waals surface area contributed by atoms with Gasteiger partial charge in [0.05, 0.1) is 11.4 Å². The molecule has 0 saturated carbocycles. The summed E-state index contributed by atoms with van der Waals surface area (Å²) in [4.78, 5) is 11.9. The van der Waals surface area contributed by atoms with E-state index in [0.717, 1.165) is 10.6 Å². The van der Waals surface area contributed by atoms with Gasteiger partial charge in [-0.1, -0.05) is 0 Å². The van der Waals surface area contributed by atoms with Gasteiger partial charge in [0.25, 0.3) is 0 Å². The Morgan fingerprint density at radius 2 is 2.24 bits per heavy atom. The van der Waals surface area contributed by atoms with E-state index in [2.05, 4.69) is 10.6 Å². The number of anilines is 1. The van der Waals surface area contributed by atoms with Crippen molar-refractivity contribution in [2.45, 2.75) is 13.5 Å². The Morgan fingerprint density at radius 1 is 1.53 bits per heavy atom. The van der Waals surface area contributed by atoms with E-state index in [-0.39, 0.29) is 18.2 Å². The molecule has 1 aromatic heterocycles. The molecule has 0 spiro atoms. The van der Waals surface area contributed by atoms with Gasteiger partial charge in [0, 0.05) is 24.9 Å². The average molecular weight is 277 g/mol. The van der Waals surface area contributed by atoms with Crippen molar-refractivity contribution in [2.75, 3.05) is 17.6 Å². The first-order chi connectivity index (χ1) is 7.88. The second kappa shape index (κ2) is 6.10. The number of rotatable bonds is 6. The molecule has 0 bridgehead atoms. The minimum Gasteiger partial charge on any atom is -0.325 e. The van der Waals surface area contributed by atoms with Gasteiger partial charge in [-0.25, -0.2) is 13.6 Å². The van der Waals surface area contributed by atoms with Gasteiger partial charge in [0.1, 0.15) is 0 Å². The van der Waals surface area contributed by atoms with Crippen LogP contribution < -0.4 is 15.8 Å². The number of sulfonamides is 1. The summed E-state index contributed by atoms with van der Waals surface area (Å²) in [6.07, 6.45) is 0. The zero-order valence-electron chi connectivity index (χ0n) is 9.39. The van der Waals surface area contributed by atoms with Crippen LogP contribution in [0, 0.1) is 0 Å². The van der Waals surface area contributed by atoms with Crippen LogP contribution in [0.25, 0.3) is 0 Å². The number of hydrogen-bond acceptors (Lipinski definition) is 5. The molecular formula is C9H15N3O3S2. The summed E-state index contributed by atoms with van der Waals surface area (Å²) in [5, 5.41) is 12.4. The van der Waals surface area contributed by atoms with Crippen LogP contribution >= 0.6 is 11.3 Å². The Labute approximate surface area is 104 Å². The summed E-state index contributed by atoms with van der Waals surface area (Å²) in [6.45, 7) is 2.23. The summed E-state index contributed by atoms with van der Waals surface area (Å²) < 4.78 is 21.4. The molecule has 96 valence electrons. The standard InChI is InChI=1S/C9H15N3O3S2/c1-7(13)12-8-2-4-16-9(8)6-11-3-5-17(10,14)15/h2,4,11H,3,5-6H2,1H3,(H,12,13)(H2,10,14,15). The molecule has 0 aliphatic carbocycles. The molecule has 0 unspecified atom stereocenters. The van der Waals surface area contributed by atoms with Crippen molar-refractivity contribution >= 4 is 33.0 Å². The van der Waals surface area contributed by atoms with Gasteiger partial charge in [0.2, 0.25) is 15.9 Å². The molecule has 4 N–H and O–H groups in total. The number of primary sulfonamides is 1. The third kappa shape index (κ3) is 5.78. The van der Waals surface area contributed by atoms with Gasteiger partial charge in [-0.3, -0.25) is 4.79 Å². The maximum absolute atomic E-state index is 10.9. The lowest BCUT2D eigenvalue weighted by atomic mass is 10.3. The van der Waals surface area contributed by atoms with E-state index in [1.54, 1.807) is 0 Å². The molecule has 0 aromatic carbocycles. The summed E-state index contributed by atoms with van der Waals surface area (Å²) in [5.74, 6) is -0.234. The highest BCUT2D eigenvalue weighted by Crippen LogP contribution is 2.21. The van der Waals surface area contributed by atoms with Crippen LogP contribution in [0.3, 0.4) is 0 Å². The van der Waals surface area contributed by atoms with Crippen molar-refractivity contribution in [3.63, 3.8) is 0 Å². The van der Waals surface area contributed by atoms with Crippen LogP contribution in [0.1, 0.15) is 11.8 Å². The molecular weight excluding hydrogens is 262 g/mol. The van der Waals surface area contributed by atoms with E-state index in [0.29, 0.717) is 6.54 Å².